The minimum Gasteiger partial charge on any atom is -0.467 e. The molecule has 1 atom stereocenters. The Balaban J connectivity index is 2.15. The zero-order chi connectivity index (χ0) is 19.3. The van der Waals surface area contributed by atoms with Gasteiger partial charge in [-0.2, -0.15) is 0 Å². The summed E-state index contributed by atoms with van der Waals surface area (Å²) in [6.07, 6.45) is 3.64. The summed E-state index contributed by atoms with van der Waals surface area (Å²) in [7, 11) is 1.54. The Morgan fingerprint density at radius 1 is 1.04 bits per heavy atom. The van der Waals surface area contributed by atoms with Crippen molar-refractivity contribution in [2.45, 2.75) is 18.9 Å². The van der Waals surface area contributed by atoms with Crippen molar-refractivity contribution in [3.63, 3.8) is 0 Å². The molecule has 0 radical (unpaired) electrons. The van der Waals surface area contributed by atoms with E-state index in [1.807, 2.05) is 37.3 Å². The second-order valence-electron chi connectivity index (χ2n) is 6.45. The maximum Gasteiger partial charge on any atom is 0.188 e. The number of aliphatic hydroxyl groups is 1. The first-order valence-electron chi connectivity index (χ1n) is 8.63. The first-order valence-corrected chi connectivity index (χ1v) is 8.63. The number of benzene rings is 2. The molecule has 1 N–H and O–H groups in total. The molecule has 0 aliphatic carbocycles. The highest BCUT2D eigenvalue weighted by Gasteiger charge is 2.35. The van der Waals surface area contributed by atoms with Gasteiger partial charge in [-0.1, -0.05) is 23.8 Å². The zero-order valence-corrected chi connectivity index (χ0v) is 15.4. The molecule has 1 heterocycles. The number of halogens is 1. The Bertz CT molecular complexity index is 884. The van der Waals surface area contributed by atoms with E-state index in [-0.39, 0.29) is 19.0 Å². The maximum atomic E-state index is 13.5. The molecule has 0 spiro atoms. The number of aromatic nitrogens is 1. The molecule has 0 saturated heterocycles. The molecule has 0 bridgehead atoms. The summed E-state index contributed by atoms with van der Waals surface area (Å²) in [5.41, 5.74) is 1.64. The molecule has 0 aliphatic heterocycles. The van der Waals surface area contributed by atoms with Crippen LogP contribution < -0.4 is 4.74 Å². The molecular weight excluding hydrogens is 345 g/mol. The topological polar surface area (TPSA) is 51.6 Å². The van der Waals surface area contributed by atoms with E-state index in [1.165, 1.54) is 19.2 Å². The molecule has 4 nitrogen and oxygen atoms in total. The van der Waals surface area contributed by atoms with Gasteiger partial charge < -0.3 is 14.6 Å². The van der Waals surface area contributed by atoms with Crippen molar-refractivity contribution in [1.29, 1.82) is 0 Å². The van der Waals surface area contributed by atoms with Crippen LogP contribution in [0.5, 0.6) is 5.75 Å². The van der Waals surface area contributed by atoms with E-state index in [4.69, 9.17) is 9.47 Å². The van der Waals surface area contributed by atoms with Gasteiger partial charge in [0.25, 0.3) is 0 Å². The molecule has 27 heavy (non-hydrogen) atoms. The molecule has 2 aromatic carbocycles. The predicted octanol–water partition coefficient (Wildman–Crippen LogP) is 3.99. The standard InChI is InChI=1S/C22H22FNO3/c1-16-3-8-21(27-15-26-2)20(13-16)22(25,14-17-9-11-24-12-10-17)18-4-6-19(23)7-5-18/h3-13,25H,14-15H2,1-2H3. The van der Waals surface area contributed by atoms with Crippen molar-refractivity contribution >= 4 is 0 Å². The molecular formula is C22H22FNO3. The lowest BCUT2D eigenvalue weighted by molar-refractivity contribution is 0.0400. The first kappa shape index (κ1) is 19.0. The van der Waals surface area contributed by atoms with E-state index in [9.17, 15) is 9.50 Å². The van der Waals surface area contributed by atoms with Crippen LogP contribution in [0.4, 0.5) is 4.39 Å². The van der Waals surface area contributed by atoms with Crippen molar-refractivity contribution in [2.75, 3.05) is 13.9 Å². The maximum absolute atomic E-state index is 13.5. The minimum atomic E-state index is -1.41. The Morgan fingerprint density at radius 2 is 1.74 bits per heavy atom. The molecule has 140 valence electrons. The minimum absolute atomic E-state index is 0.0603. The summed E-state index contributed by atoms with van der Waals surface area (Å²) in [6.45, 7) is 2.01. The van der Waals surface area contributed by atoms with Crippen molar-refractivity contribution in [3.8, 4) is 5.75 Å². The van der Waals surface area contributed by atoms with E-state index in [1.54, 1.807) is 24.5 Å². The SMILES string of the molecule is COCOc1ccc(C)cc1C(O)(Cc1ccncc1)c1ccc(F)cc1. The van der Waals surface area contributed by atoms with E-state index in [0.717, 1.165) is 11.1 Å². The number of hydrogen-bond acceptors (Lipinski definition) is 4. The average molecular weight is 367 g/mol. The quantitative estimate of drug-likeness (QED) is 0.642. The average Bonchev–Trinajstić information content (AvgIpc) is 2.68. The van der Waals surface area contributed by atoms with Crippen LogP contribution in [0.15, 0.2) is 67.0 Å². The van der Waals surface area contributed by atoms with Crippen molar-refractivity contribution in [1.82, 2.24) is 4.98 Å². The molecule has 1 unspecified atom stereocenters. The smallest absolute Gasteiger partial charge is 0.188 e. The second-order valence-corrected chi connectivity index (χ2v) is 6.45. The summed E-state index contributed by atoms with van der Waals surface area (Å²) in [6, 6.07) is 15.2. The third kappa shape index (κ3) is 4.32. The lowest BCUT2D eigenvalue weighted by Crippen LogP contribution is -2.31. The van der Waals surface area contributed by atoms with Crippen LogP contribution in [0.3, 0.4) is 0 Å². The van der Waals surface area contributed by atoms with Gasteiger partial charge in [0, 0.05) is 31.5 Å². The molecule has 3 aromatic rings. The Hall–Kier alpha value is -2.76. The summed E-state index contributed by atoms with van der Waals surface area (Å²) in [5, 5.41) is 11.8. The van der Waals surface area contributed by atoms with E-state index >= 15 is 0 Å². The Kier molecular flexibility index (Phi) is 5.84. The number of rotatable bonds is 7. The van der Waals surface area contributed by atoms with Crippen molar-refractivity contribution in [3.05, 3.63) is 95.1 Å². The highest BCUT2D eigenvalue weighted by molar-refractivity contribution is 5.48. The predicted molar refractivity (Wildman–Crippen MR) is 101 cm³/mol. The zero-order valence-electron chi connectivity index (χ0n) is 15.4. The lowest BCUT2D eigenvalue weighted by Gasteiger charge is -2.31. The number of nitrogens with zero attached hydrogens (tertiary/aromatic N) is 1. The number of aryl methyl sites for hydroxylation is 1. The number of pyridine rings is 1. The van der Waals surface area contributed by atoms with Crippen LogP contribution in [0.25, 0.3) is 0 Å². The van der Waals surface area contributed by atoms with Crippen molar-refractivity contribution < 1.29 is 19.0 Å². The van der Waals surface area contributed by atoms with Gasteiger partial charge in [0.05, 0.1) is 0 Å². The highest BCUT2D eigenvalue weighted by atomic mass is 19.1. The van der Waals surface area contributed by atoms with Crippen LogP contribution >= 0.6 is 0 Å². The van der Waals surface area contributed by atoms with Crippen LogP contribution in [-0.2, 0) is 16.8 Å². The summed E-state index contributed by atoms with van der Waals surface area (Å²) < 4.78 is 24.2. The molecule has 0 aliphatic rings. The van der Waals surface area contributed by atoms with Crippen LogP contribution in [0, 0.1) is 12.7 Å². The fourth-order valence-corrected chi connectivity index (χ4v) is 3.09. The van der Waals surface area contributed by atoms with Crippen LogP contribution in [0.2, 0.25) is 0 Å². The third-order valence-corrected chi connectivity index (χ3v) is 4.44. The summed E-state index contributed by atoms with van der Waals surface area (Å²) in [5.74, 6) is 0.161. The largest absolute Gasteiger partial charge is 0.467 e. The normalized spacial score (nSPS) is 13.2. The van der Waals surface area contributed by atoms with Gasteiger partial charge in [0.15, 0.2) is 6.79 Å². The summed E-state index contributed by atoms with van der Waals surface area (Å²) in [4.78, 5) is 4.03. The van der Waals surface area contributed by atoms with Crippen molar-refractivity contribution in [2.24, 2.45) is 0 Å². The fraction of sp³-hybridized carbons (Fsp3) is 0.227. The van der Waals surface area contributed by atoms with E-state index in [0.29, 0.717) is 16.9 Å². The summed E-state index contributed by atoms with van der Waals surface area (Å²) >= 11 is 0. The van der Waals surface area contributed by atoms with E-state index in [2.05, 4.69) is 4.98 Å². The van der Waals surface area contributed by atoms with Gasteiger partial charge in [-0.3, -0.25) is 4.98 Å². The van der Waals surface area contributed by atoms with E-state index < -0.39 is 5.60 Å². The number of methoxy groups -OCH3 is 1. The third-order valence-electron chi connectivity index (χ3n) is 4.44. The molecule has 1 aromatic heterocycles. The van der Waals surface area contributed by atoms with Gasteiger partial charge in [-0.25, -0.2) is 4.39 Å². The monoisotopic (exact) mass is 367 g/mol. The van der Waals surface area contributed by atoms with Gasteiger partial charge in [-0.05, 0) is 54.4 Å². The fourth-order valence-electron chi connectivity index (χ4n) is 3.09. The highest BCUT2D eigenvalue weighted by Crippen LogP contribution is 2.39. The molecule has 0 amide bonds. The molecule has 5 heteroatoms. The number of hydrogen-bond donors (Lipinski definition) is 1. The molecule has 3 rings (SSSR count). The molecule has 0 saturated carbocycles. The van der Waals surface area contributed by atoms with Gasteiger partial charge in [-0.15, -0.1) is 0 Å². The van der Waals surface area contributed by atoms with Gasteiger partial charge in [0.2, 0.25) is 0 Å². The van der Waals surface area contributed by atoms with Crippen LogP contribution in [0.1, 0.15) is 22.3 Å². The van der Waals surface area contributed by atoms with Gasteiger partial charge in [0.1, 0.15) is 17.2 Å². The lowest BCUT2D eigenvalue weighted by atomic mass is 9.80. The number of ether oxygens (including phenoxy) is 2. The Morgan fingerprint density at radius 3 is 2.41 bits per heavy atom. The first-order chi connectivity index (χ1) is 13.0. The Labute approximate surface area is 158 Å². The molecule has 0 fully saturated rings. The van der Waals surface area contributed by atoms with Crippen LogP contribution in [-0.4, -0.2) is 24.0 Å². The van der Waals surface area contributed by atoms with Gasteiger partial charge >= 0.3 is 0 Å². The second kappa shape index (κ2) is 8.29.